The first kappa shape index (κ1) is 27.2. The quantitative estimate of drug-likeness (QED) is 0.147. The first-order valence-corrected chi connectivity index (χ1v) is 16.6. The summed E-state index contributed by atoms with van der Waals surface area (Å²) in [4.78, 5) is 2.43. The van der Waals surface area contributed by atoms with E-state index in [2.05, 4.69) is 154 Å². The predicted octanol–water partition coefficient (Wildman–Crippen LogP) is 10.00. The van der Waals surface area contributed by atoms with Gasteiger partial charge in [0.15, 0.2) is 0 Å². The molecule has 1 aliphatic carbocycles. The Labute approximate surface area is 278 Å². The molecule has 1 aliphatic heterocycles. The van der Waals surface area contributed by atoms with Crippen molar-refractivity contribution in [3.63, 3.8) is 0 Å². The van der Waals surface area contributed by atoms with Crippen LogP contribution in [0.1, 0.15) is 11.1 Å². The lowest BCUT2D eigenvalue weighted by molar-refractivity contribution is 0.487. The summed E-state index contributed by atoms with van der Waals surface area (Å²) in [5, 5.41) is 14.2. The summed E-state index contributed by atoms with van der Waals surface area (Å²) >= 11 is 0. The van der Waals surface area contributed by atoms with Crippen molar-refractivity contribution in [1.82, 2.24) is 14.0 Å². The standard InChI is InChI=1S/C44H32N4/c45-43(31-13-3-1-4-14-31)44-26-12-11-21-42(44)46(44)29-30-22-24-33(25-23-30)48-39-20-10-8-18-35(39)37-27-36-34-17-7-9-19-38(34)47(40(36)28-41(37)48)32-15-5-2-6-16-32/h1-28,42,45H,29H2/t42?,44?,46-/m0/s1. The first-order valence-electron chi connectivity index (χ1n) is 16.6. The van der Waals surface area contributed by atoms with Crippen LogP contribution in [0.3, 0.4) is 0 Å². The van der Waals surface area contributed by atoms with Crippen molar-refractivity contribution in [2.24, 2.45) is 0 Å². The first-order chi connectivity index (χ1) is 23.7. The summed E-state index contributed by atoms with van der Waals surface area (Å²) in [6.45, 7) is 0.778. The number of nitrogens with one attached hydrogen (secondary N) is 1. The Balaban J connectivity index is 1.08. The lowest BCUT2D eigenvalue weighted by Gasteiger charge is -2.17. The summed E-state index contributed by atoms with van der Waals surface area (Å²) in [5.74, 6) is 0. The highest BCUT2D eigenvalue weighted by molar-refractivity contribution is 6.19. The van der Waals surface area contributed by atoms with E-state index in [-0.39, 0.29) is 11.6 Å². The van der Waals surface area contributed by atoms with Crippen molar-refractivity contribution in [2.75, 3.05) is 0 Å². The lowest BCUT2D eigenvalue weighted by Crippen LogP contribution is -2.29. The number of aromatic nitrogens is 2. The predicted molar refractivity (Wildman–Crippen MR) is 199 cm³/mol. The smallest absolute Gasteiger partial charge is 0.102 e. The molecule has 48 heavy (non-hydrogen) atoms. The van der Waals surface area contributed by atoms with E-state index in [1.54, 1.807) is 0 Å². The number of allylic oxidation sites excluding steroid dienone is 2. The van der Waals surface area contributed by atoms with E-state index in [1.165, 1.54) is 49.2 Å². The molecule has 228 valence electrons. The second-order valence-corrected chi connectivity index (χ2v) is 13.0. The molecule has 8 aromatic rings. The Morgan fingerprint density at radius 3 is 1.75 bits per heavy atom. The molecule has 2 aliphatic rings. The minimum atomic E-state index is -0.385. The third kappa shape index (κ3) is 3.84. The summed E-state index contributed by atoms with van der Waals surface area (Å²) in [5.41, 5.74) is 9.60. The molecule has 0 saturated carbocycles. The van der Waals surface area contributed by atoms with Crippen molar-refractivity contribution in [3.05, 3.63) is 181 Å². The van der Waals surface area contributed by atoms with E-state index in [0.717, 1.165) is 23.5 Å². The Bertz CT molecular complexity index is 2600. The normalized spacial score (nSPS) is 19.8. The van der Waals surface area contributed by atoms with Gasteiger partial charge in [-0.15, -0.1) is 0 Å². The van der Waals surface area contributed by atoms with Gasteiger partial charge in [0.1, 0.15) is 5.54 Å². The average molecular weight is 617 g/mol. The fourth-order valence-corrected chi connectivity index (χ4v) is 8.15. The van der Waals surface area contributed by atoms with Crippen LogP contribution in [0.25, 0.3) is 55.0 Å². The third-order valence-electron chi connectivity index (χ3n) is 10.4. The maximum absolute atomic E-state index is 9.17. The Hall–Kier alpha value is -5.97. The van der Waals surface area contributed by atoms with Crippen LogP contribution >= 0.6 is 0 Å². The Morgan fingerprint density at radius 1 is 0.542 bits per heavy atom. The zero-order valence-electron chi connectivity index (χ0n) is 26.3. The van der Waals surface area contributed by atoms with Gasteiger partial charge in [-0.1, -0.05) is 121 Å². The van der Waals surface area contributed by atoms with Gasteiger partial charge in [-0.3, -0.25) is 4.90 Å². The van der Waals surface area contributed by atoms with Crippen LogP contribution < -0.4 is 0 Å². The number of nitrogens with zero attached hydrogens (tertiary/aromatic N) is 3. The van der Waals surface area contributed by atoms with Crippen LogP contribution in [0, 0.1) is 5.41 Å². The van der Waals surface area contributed by atoms with Crippen LogP contribution in [0.5, 0.6) is 0 Å². The zero-order valence-corrected chi connectivity index (χ0v) is 26.3. The van der Waals surface area contributed by atoms with Crippen molar-refractivity contribution in [3.8, 4) is 11.4 Å². The van der Waals surface area contributed by atoms with E-state index in [9.17, 15) is 5.41 Å². The number of para-hydroxylation sites is 3. The van der Waals surface area contributed by atoms with Gasteiger partial charge < -0.3 is 14.5 Å². The van der Waals surface area contributed by atoms with E-state index >= 15 is 0 Å². The summed E-state index contributed by atoms with van der Waals surface area (Å²) < 4.78 is 4.81. The van der Waals surface area contributed by atoms with Gasteiger partial charge in [0.2, 0.25) is 0 Å². The number of hydrogen-bond acceptors (Lipinski definition) is 2. The number of rotatable bonds is 6. The van der Waals surface area contributed by atoms with Crippen molar-refractivity contribution in [2.45, 2.75) is 18.1 Å². The number of hydrogen-bond donors (Lipinski definition) is 1. The molecule has 4 heteroatoms. The van der Waals surface area contributed by atoms with Gasteiger partial charge in [0.25, 0.3) is 0 Å². The number of benzene rings is 6. The topological polar surface area (TPSA) is 36.7 Å². The second kappa shape index (κ2) is 10.3. The fraction of sp³-hybridized carbons (Fsp3) is 0.0682. The van der Waals surface area contributed by atoms with Crippen LogP contribution in [0.2, 0.25) is 0 Å². The zero-order chi connectivity index (χ0) is 31.8. The molecule has 1 N–H and O–H groups in total. The van der Waals surface area contributed by atoms with E-state index in [1.807, 2.05) is 30.3 Å². The third-order valence-corrected chi connectivity index (χ3v) is 10.4. The Kier molecular flexibility index (Phi) is 5.81. The highest BCUT2D eigenvalue weighted by Gasteiger charge is 2.63. The van der Waals surface area contributed by atoms with Gasteiger partial charge in [0, 0.05) is 39.5 Å². The van der Waals surface area contributed by atoms with Crippen molar-refractivity contribution < 1.29 is 0 Å². The molecule has 1 saturated heterocycles. The van der Waals surface area contributed by atoms with Gasteiger partial charge >= 0.3 is 0 Å². The molecule has 10 rings (SSSR count). The molecule has 3 heterocycles. The summed E-state index contributed by atoms with van der Waals surface area (Å²) in [6.07, 6.45) is 8.64. The molecule has 0 bridgehead atoms. The molecule has 1 fully saturated rings. The molecule has 2 unspecified atom stereocenters. The monoisotopic (exact) mass is 616 g/mol. The molecule has 3 atom stereocenters. The molecule has 0 amide bonds. The van der Waals surface area contributed by atoms with Crippen LogP contribution in [-0.4, -0.2) is 31.3 Å². The summed E-state index contributed by atoms with van der Waals surface area (Å²) in [7, 11) is 0. The van der Waals surface area contributed by atoms with Crippen LogP contribution in [-0.2, 0) is 6.54 Å². The largest absolute Gasteiger partial charge is 0.309 e. The Morgan fingerprint density at radius 2 is 1.10 bits per heavy atom. The molecular formula is C44H32N4. The lowest BCUT2D eigenvalue weighted by atomic mass is 9.90. The maximum atomic E-state index is 9.17. The SMILES string of the molecule is N=C(c1ccccc1)C12C=CC=CC1[N@]2Cc1ccc(-n2c3ccccc3c3cc4c5ccccc5n(-c5ccccc5)c4cc32)cc1. The molecule has 0 spiro atoms. The maximum Gasteiger partial charge on any atom is 0.102 e. The number of fused-ring (bicyclic) bond motifs is 7. The van der Waals surface area contributed by atoms with Gasteiger partial charge in [0.05, 0.1) is 33.8 Å². The van der Waals surface area contributed by atoms with Crippen LogP contribution in [0.15, 0.2) is 170 Å². The van der Waals surface area contributed by atoms with Gasteiger partial charge in [-0.25, -0.2) is 0 Å². The second-order valence-electron chi connectivity index (χ2n) is 13.0. The van der Waals surface area contributed by atoms with E-state index in [4.69, 9.17) is 0 Å². The molecular weight excluding hydrogens is 585 g/mol. The van der Waals surface area contributed by atoms with E-state index < -0.39 is 0 Å². The van der Waals surface area contributed by atoms with Crippen LogP contribution in [0.4, 0.5) is 0 Å². The molecule has 2 aromatic heterocycles. The minimum absolute atomic E-state index is 0.200. The fourth-order valence-electron chi connectivity index (χ4n) is 8.15. The van der Waals surface area contributed by atoms with Crippen molar-refractivity contribution >= 4 is 49.3 Å². The van der Waals surface area contributed by atoms with Gasteiger partial charge in [-0.2, -0.15) is 0 Å². The van der Waals surface area contributed by atoms with E-state index in [0.29, 0.717) is 5.71 Å². The van der Waals surface area contributed by atoms with Crippen molar-refractivity contribution in [1.29, 1.82) is 5.41 Å². The summed E-state index contributed by atoms with van der Waals surface area (Å²) in [6, 6.07) is 52.3. The molecule has 4 nitrogen and oxygen atoms in total. The van der Waals surface area contributed by atoms with Gasteiger partial charge in [-0.05, 0) is 59.7 Å². The molecule has 6 aromatic carbocycles. The highest BCUT2D eigenvalue weighted by atomic mass is 15.4. The molecule has 0 radical (unpaired) electrons. The average Bonchev–Trinajstić information content (AvgIpc) is 3.51. The minimum Gasteiger partial charge on any atom is -0.309 e. The highest BCUT2D eigenvalue weighted by Crippen LogP contribution is 2.49.